The summed E-state index contributed by atoms with van der Waals surface area (Å²) in [6.45, 7) is 4.78. The summed E-state index contributed by atoms with van der Waals surface area (Å²) < 4.78 is 2.14. The standard InChI is InChI=1S/C14H13N3Si/c1-18(2)11-6-3-5-10-13(11)17(9-16-10)14-12(18)7-4-8-15-14/h3-9H,1-2H3. The number of imidazole rings is 1. The van der Waals surface area contributed by atoms with E-state index in [0.29, 0.717) is 0 Å². The topological polar surface area (TPSA) is 30.7 Å². The molecule has 3 nitrogen and oxygen atoms in total. The van der Waals surface area contributed by atoms with Crippen molar-refractivity contribution >= 4 is 29.5 Å². The van der Waals surface area contributed by atoms with Crippen LogP contribution in [0.3, 0.4) is 0 Å². The van der Waals surface area contributed by atoms with Gasteiger partial charge < -0.3 is 0 Å². The van der Waals surface area contributed by atoms with E-state index in [1.54, 1.807) is 0 Å². The molecule has 0 saturated carbocycles. The lowest BCUT2D eigenvalue weighted by molar-refractivity contribution is 1.03. The van der Waals surface area contributed by atoms with Crippen LogP contribution in [0, 0.1) is 0 Å². The highest BCUT2D eigenvalue weighted by Crippen LogP contribution is 2.23. The SMILES string of the molecule is C[Si]1(C)c2cccnc2-n2cnc3cccc1c32. The molecule has 0 aliphatic carbocycles. The number of pyridine rings is 1. The molecule has 3 aromatic rings. The van der Waals surface area contributed by atoms with Crippen molar-refractivity contribution in [1.82, 2.24) is 14.5 Å². The van der Waals surface area contributed by atoms with Crippen LogP contribution in [0.25, 0.3) is 16.9 Å². The average molecular weight is 251 g/mol. The molecular weight excluding hydrogens is 238 g/mol. The van der Waals surface area contributed by atoms with Gasteiger partial charge in [0.25, 0.3) is 0 Å². The molecule has 1 aromatic carbocycles. The molecule has 0 spiro atoms. The summed E-state index contributed by atoms with van der Waals surface area (Å²) in [6, 6.07) is 10.7. The lowest BCUT2D eigenvalue weighted by Gasteiger charge is -2.31. The third-order valence-electron chi connectivity index (χ3n) is 3.93. The Morgan fingerprint density at radius 3 is 2.72 bits per heavy atom. The van der Waals surface area contributed by atoms with E-state index in [9.17, 15) is 0 Å². The van der Waals surface area contributed by atoms with E-state index in [0.717, 1.165) is 11.3 Å². The van der Waals surface area contributed by atoms with Crippen molar-refractivity contribution in [3.63, 3.8) is 0 Å². The van der Waals surface area contributed by atoms with Gasteiger partial charge in [-0.05, 0) is 22.5 Å². The number of hydrogen-bond donors (Lipinski definition) is 0. The third-order valence-corrected chi connectivity index (χ3v) is 7.42. The van der Waals surface area contributed by atoms with E-state index < -0.39 is 8.07 Å². The van der Waals surface area contributed by atoms with E-state index in [-0.39, 0.29) is 0 Å². The van der Waals surface area contributed by atoms with Crippen molar-refractivity contribution in [2.24, 2.45) is 0 Å². The van der Waals surface area contributed by atoms with Crippen LogP contribution in [0.5, 0.6) is 0 Å². The highest BCUT2D eigenvalue weighted by molar-refractivity contribution is 7.02. The molecule has 4 heteroatoms. The van der Waals surface area contributed by atoms with E-state index in [1.807, 2.05) is 18.6 Å². The minimum Gasteiger partial charge on any atom is -0.283 e. The maximum absolute atomic E-state index is 4.57. The number of fused-ring (bicyclic) bond motifs is 2. The molecule has 88 valence electrons. The maximum Gasteiger partial charge on any atom is 0.137 e. The van der Waals surface area contributed by atoms with Crippen LogP contribution < -0.4 is 10.4 Å². The first-order chi connectivity index (χ1) is 8.69. The van der Waals surface area contributed by atoms with E-state index >= 15 is 0 Å². The average Bonchev–Trinajstić information content (AvgIpc) is 2.81. The van der Waals surface area contributed by atoms with Gasteiger partial charge >= 0.3 is 0 Å². The van der Waals surface area contributed by atoms with Gasteiger partial charge in [-0.25, -0.2) is 9.97 Å². The van der Waals surface area contributed by atoms with Crippen molar-refractivity contribution in [3.8, 4) is 5.82 Å². The van der Waals surface area contributed by atoms with Crippen LogP contribution >= 0.6 is 0 Å². The van der Waals surface area contributed by atoms with Crippen molar-refractivity contribution in [3.05, 3.63) is 42.9 Å². The van der Waals surface area contributed by atoms with Gasteiger partial charge in [-0.3, -0.25) is 4.57 Å². The second-order valence-electron chi connectivity index (χ2n) is 5.29. The lowest BCUT2D eigenvalue weighted by atomic mass is 10.3. The molecule has 18 heavy (non-hydrogen) atoms. The summed E-state index contributed by atoms with van der Waals surface area (Å²) in [5.74, 6) is 1.07. The Bertz CT molecular complexity index is 774. The monoisotopic (exact) mass is 251 g/mol. The Labute approximate surface area is 106 Å². The van der Waals surface area contributed by atoms with Crippen LogP contribution in [0.4, 0.5) is 0 Å². The van der Waals surface area contributed by atoms with Crippen molar-refractivity contribution in [2.75, 3.05) is 0 Å². The number of benzene rings is 1. The maximum atomic E-state index is 4.57. The Morgan fingerprint density at radius 1 is 1.00 bits per heavy atom. The molecule has 0 saturated heterocycles. The van der Waals surface area contributed by atoms with E-state index in [1.165, 1.54) is 15.9 Å². The molecule has 2 aromatic heterocycles. The van der Waals surface area contributed by atoms with Crippen LogP contribution in [0.1, 0.15) is 0 Å². The third kappa shape index (κ3) is 1.04. The molecular formula is C14H13N3Si. The zero-order valence-corrected chi connectivity index (χ0v) is 11.4. The van der Waals surface area contributed by atoms with Crippen LogP contribution in [0.2, 0.25) is 13.1 Å². The molecule has 1 aliphatic heterocycles. The molecule has 0 N–H and O–H groups in total. The van der Waals surface area contributed by atoms with Gasteiger partial charge in [-0.2, -0.15) is 0 Å². The van der Waals surface area contributed by atoms with Gasteiger partial charge in [-0.1, -0.05) is 31.3 Å². The van der Waals surface area contributed by atoms with Crippen molar-refractivity contribution in [1.29, 1.82) is 0 Å². The molecule has 0 bridgehead atoms. The fourth-order valence-corrected chi connectivity index (χ4v) is 5.85. The fourth-order valence-electron chi connectivity index (χ4n) is 2.95. The van der Waals surface area contributed by atoms with Gasteiger partial charge in [0.05, 0.1) is 11.0 Å². The van der Waals surface area contributed by atoms with Gasteiger partial charge in [-0.15, -0.1) is 0 Å². The lowest BCUT2D eigenvalue weighted by Crippen LogP contribution is -2.57. The summed E-state index contributed by atoms with van der Waals surface area (Å²) >= 11 is 0. The highest BCUT2D eigenvalue weighted by atomic mass is 28.3. The molecule has 1 aliphatic rings. The summed E-state index contributed by atoms with van der Waals surface area (Å²) in [5, 5.41) is 2.85. The summed E-state index contributed by atoms with van der Waals surface area (Å²) in [7, 11) is -1.65. The number of nitrogens with zero attached hydrogens (tertiary/aromatic N) is 3. The van der Waals surface area contributed by atoms with Crippen molar-refractivity contribution < 1.29 is 0 Å². The minimum atomic E-state index is -1.65. The molecule has 0 fully saturated rings. The van der Waals surface area contributed by atoms with Gasteiger partial charge in [0.15, 0.2) is 0 Å². The molecule has 0 atom stereocenters. The normalized spacial score (nSPS) is 15.7. The molecule has 3 heterocycles. The number of rotatable bonds is 0. The van der Waals surface area contributed by atoms with Crippen LogP contribution in [-0.4, -0.2) is 22.6 Å². The van der Waals surface area contributed by atoms with Gasteiger partial charge in [0, 0.05) is 6.20 Å². The number of para-hydroxylation sites is 1. The first-order valence-corrected chi connectivity index (χ1v) is 9.12. The molecule has 0 radical (unpaired) electrons. The Kier molecular flexibility index (Phi) is 1.72. The Morgan fingerprint density at radius 2 is 1.83 bits per heavy atom. The summed E-state index contributed by atoms with van der Waals surface area (Å²) in [5.41, 5.74) is 2.32. The molecule has 0 unspecified atom stereocenters. The second kappa shape index (κ2) is 3.08. The Balaban J connectivity index is 2.27. The zero-order chi connectivity index (χ0) is 12.3. The largest absolute Gasteiger partial charge is 0.283 e. The Hall–Kier alpha value is -1.94. The van der Waals surface area contributed by atoms with E-state index in [4.69, 9.17) is 0 Å². The number of aromatic nitrogens is 3. The predicted molar refractivity (Wildman–Crippen MR) is 75.6 cm³/mol. The smallest absolute Gasteiger partial charge is 0.137 e. The predicted octanol–water partition coefficient (Wildman–Crippen LogP) is 1.56. The van der Waals surface area contributed by atoms with Crippen LogP contribution in [0.15, 0.2) is 42.9 Å². The van der Waals surface area contributed by atoms with Crippen molar-refractivity contribution in [2.45, 2.75) is 13.1 Å². The van der Waals surface area contributed by atoms with E-state index in [2.05, 4.69) is 51.9 Å². The first-order valence-electron chi connectivity index (χ1n) is 6.12. The highest BCUT2D eigenvalue weighted by Gasteiger charge is 2.36. The fraction of sp³-hybridized carbons (Fsp3) is 0.143. The molecule has 0 amide bonds. The summed E-state index contributed by atoms with van der Waals surface area (Å²) in [6.07, 6.45) is 3.76. The second-order valence-corrected chi connectivity index (χ2v) is 9.61. The first kappa shape index (κ1) is 10.0. The molecule has 4 rings (SSSR count). The quantitative estimate of drug-likeness (QED) is 0.568. The van der Waals surface area contributed by atoms with Crippen LogP contribution in [-0.2, 0) is 0 Å². The zero-order valence-electron chi connectivity index (χ0n) is 10.4. The number of hydrogen-bond acceptors (Lipinski definition) is 2. The minimum absolute atomic E-state index is 1.07. The summed E-state index contributed by atoms with van der Waals surface area (Å²) in [4.78, 5) is 9.07. The van der Waals surface area contributed by atoms with Gasteiger partial charge in [0.1, 0.15) is 20.2 Å². The van der Waals surface area contributed by atoms with Gasteiger partial charge in [0.2, 0.25) is 0 Å².